The highest BCUT2D eigenvalue weighted by atomic mass is 16.5. The Bertz CT molecular complexity index is 850. The summed E-state index contributed by atoms with van der Waals surface area (Å²) in [6.07, 6.45) is 3.97. The molecule has 2 aromatic carbocycles. The maximum Gasteiger partial charge on any atom is 0.259 e. The zero-order chi connectivity index (χ0) is 18.8. The van der Waals surface area contributed by atoms with Crippen molar-refractivity contribution in [3.63, 3.8) is 0 Å². The lowest BCUT2D eigenvalue weighted by molar-refractivity contribution is -0.114. The van der Waals surface area contributed by atoms with Gasteiger partial charge in [-0.05, 0) is 30.2 Å². The highest BCUT2D eigenvalue weighted by Gasteiger charge is 2.07. The third-order valence-corrected chi connectivity index (χ3v) is 3.54. The zero-order valence-electron chi connectivity index (χ0n) is 14.4. The molecule has 0 aliphatic heterocycles. The van der Waals surface area contributed by atoms with Crippen LogP contribution < -0.4 is 15.2 Å². The number of hydrogen-bond acceptors (Lipinski definition) is 4. The molecular formula is C21H20N2O3. The zero-order valence-corrected chi connectivity index (χ0v) is 14.4. The van der Waals surface area contributed by atoms with E-state index in [1.54, 1.807) is 24.3 Å². The van der Waals surface area contributed by atoms with Crippen molar-refractivity contribution in [3.8, 4) is 17.6 Å². The topological polar surface area (TPSA) is 85.3 Å². The molecule has 0 bridgehead atoms. The Morgan fingerprint density at radius 2 is 1.69 bits per heavy atom. The first-order chi connectivity index (χ1) is 12.7. The molecule has 132 valence electrons. The molecule has 0 aromatic heterocycles. The van der Waals surface area contributed by atoms with E-state index in [2.05, 4.69) is 6.58 Å². The fourth-order valence-corrected chi connectivity index (χ4v) is 2.32. The highest BCUT2D eigenvalue weighted by Crippen LogP contribution is 2.22. The van der Waals surface area contributed by atoms with Gasteiger partial charge in [0.1, 0.15) is 36.4 Å². The number of hydrogen-bond donors (Lipinski definition) is 1. The average Bonchev–Trinajstić information content (AvgIpc) is 2.65. The van der Waals surface area contributed by atoms with Gasteiger partial charge in [0.15, 0.2) is 0 Å². The van der Waals surface area contributed by atoms with Crippen LogP contribution in [0.15, 0.2) is 66.8 Å². The van der Waals surface area contributed by atoms with Crippen molar-refractivity contribution < 1.29 is 14.3 Å². The van der Waals surface area contributed by atoms with Crippen molar-refractivity contribution in [2.75, 3.05) is 13.2 Å². The number of allylic oxidation sites excluding steroid dienone is 1. The number of rotatable bonds is 9. The quantitative estimate of drug-likeness (QED) is 0.326. The van der Waals surface area contributed by atoms with Crippen molar-refractivity contribution in [1.29, 1.82) is 5.26 Å². The minimum atomic E-state index is -0.774. The lowest BCUT2D eigenvalue weighted by Crippen LogP contribution is -2.13. The van der Waals surface area contributed by atoms with E-state index in [0.717, 1.165) is 17.7 Å². The summed E-state index contributed by atoms with van der Waals surface area (Å²) in [7, 11) is 0. The standard InChI is InChI=1S/C21H20N2O3/c1-2-7-16-8-3-5-10-19(16)25-12-13-26-20-11-6-4-9-17(20)14-18(15-22)21(23)24/h2-6,8-11,14H,1,7,12-13H2,(H2,23,24). The molecular weight excluding hydrogens is 328 g/mol. The molecule has 0 aliphatic carbocycles. The van der Waals surface area contributed by atoms with Crippen LogP contribution in [0.1, 0.15) is 11.1 Å². The molecule has 5 nitrogen and oxygen atoms in total. The normalized spacial score (nSPS) is 10.7. The second kappa shape index (κ2) is 9.70. The summed E-state index contributed by atoms with van der Waals surface area (Å²) in [4.78, 5) is 11.2. The van der Waals surface area contributed by atoms with Gasteiger partial charge in [0, 0.05) is 5.56 Å². The van der Waals surface area contributed by atoms with Crippen molar-refractivity contribution in [3.05, 3.63) is 77.9 Å². The van der Waals surface area contributed by atoms with Crippen molar-refractivity contribution >= 4 is 12.0 Å². The average molecular weight is 348 g/mol. The Balaban J connectivity index is 2.00. The van der Waals surface area contributed by atoms with E-state index in [9.17, 15) is 4.79 Å². The second-order valence-electron chi connectivity index (χ2n) is 5.37. The van der Waals surface area contributed by atoms with Gasteiger partial charge in [-0.1, -0.05) is 42.5 Å². The lowest BCUT2D eigenvalue weighted by atomic mass is 10.1. The molecule has 1 amide bonds. The SMILES string of the molecule is C=CCc1ccccc1OCCOc1ccccc1C=C(C#N)C(N)=O. The van der Waals surface area contributed by atoms with Crippen molar-refractivity contribution in [2.45, 2.75) is 6.42 Å². The summed E-state index contributed by atoms with van der Waals surface area (Å²) in [5, 5.41) is 8.97. The number of benzene rings is 2. The van der Waals surface area contributed by atoms with Crippen LogP contribution >= 0.6 is 0 Å². The first-order valence-electron chi connectivity index (χ1n) is 8.10. The Labute approximate surface area is 153 Å². The number of nitriles is 1. The Morgan fingerprint density at radius 3 is 2.35 bits per heavy atom. The summed E-state index contributed by atoms with van der Waals surface area (Å²) < 4.78 is 11.5. The van der Waals surface area contributed by atoms with E-state index >= 15 is 0 Å². The molecule has 0 aliphatic rings. The molecule has 2 N–H and O–H groups in total. The van der Waals surface area contributed by atoms with Crippen molar-refractivity contribution in [2.24, 2.45) is 5.73 Å². The van der Waals surface area contributed by atoms with Gasteiger partial charge in [-0.25, -0.2) is 0 Å². The van der Waals surface area contributed by atoms with E-state index in [1.165, 1.54) is 6.08 Å². The van der Waals surface area contributed by atoms with Crippen LogP contribution in [-0.4, -0.2) is 19.1 Å². The molecule has 0 spiro atoms. The van der Waals surface area contributed by atoms with Crippen LogP contribution in [0.3, 0.4) is 0 Å². The van der Waals surface area contributed by atoms with Crippen LogP contribution in [0.5, 0.6) is 11.5 Å². The van der Waals surface area contributed by atoms with E-state index < -0.39 is 5.91 Å². The minimum Gasteiger partial charge on any atom is -0.490 e. The van der Waals surface area contributed by atoms with Gasteiger partial charge in [-0.3, -0.25) is 4.79 Å². The number of para-hydroxylation sites is 2. The molecule has 26 heavy (non-hydrogen) atoms. The predicted octanol–water partition coefficient (Wildman–Crippen LogP) is 3.27. The molecule has 0 atom stereocenters. The molecule has 2 aromatic rings. The summed E-state index contributed by atoms with van der Waals surface area (Å²) in [5.74, 6) is 0.568. The van der Waals surface area contributed by atoms with Crippen LogP contribution in [0.2, 0.25) is 0 Å². The van der Waals surface area contributed by atoms with Crippen LogP contribution in [0, 0.1) is 11.3 Å². The number of amides is 1. The summed E-state index contributed by atoms with van der Waals surface area (Å²) >= 11 is 0. The maximum atomic E-state index is 11.2. The first-order valence-corrected chi connectivity index (χ1v) is 8.10. The van der Waals surface area contributed by atoms with E-state index in [1.807, 2.05) is 36.4 Å². The van der Waals surface area contributed by atoms with E-state index in [-0.39, 0.29) is 5.57 Å². The Kier molecular flexibility index (Phi) is 7.02. The maximum absolute atomic E-state index is 11.2. The smallest absolute Gasteiger partial charge is 0.259 e. The molecule has 0 unspecified atom stereocenters. The largest absolute Gasteiger partial charge is 0.490 e. The van der Waals surface area contributed by atoms with Gasteiger partial charge in [0.05, 0.1) is 0 Å². The molecule has 0 heterocycles. The minimum absolute atomic E-state index is 0.129. The lowest BCUT2D eigenvalue weighted by Gasteiger charge is -2.12. The number of nitrogens with two attached hydrogens (primary N) is 1. The number of carbonyl (C=O) groups is 1. The molecule has 0 saturated carbocycles. The summed E-state index contributed by atoms with van der Waals surface area (Å²) in [5.41, 5.74) is 6.71. The fraction of sp³-hybridized carbons (Fsp3) is 0.143. The van der Waals surface area contributed by atoms with Gasteiger partial charge in [-0.2, -0.15) is 5.26 Å². The summed E-state index contributed by atoms with van der Waals surface area (Å²) in [6.45, 7) is 4.41. The monoisotopic (exact) mass is 348 g/mol. The van der Waals surface area contributed by atoms with Gasteiger partial charge < -0.3 is 15.2 Å². The Morgan fingerprint density at radius 1 is 1.08 bits per heavy atom. The number of carbonyl (C=O) groups excluding carboxylic acids is 1. The number of ether oxygens (including phenoxy) is 2. The van der Waals surface area contributed by atoms with Crippen LogP contribution in [0.4, 0.5) is 0 Å². The predicted molar refractivity (Wildman–Crippen MR) is 101 cm³/mol. The fourth-order valence-electron chi connectivity index (χ4n) is 2.32. The third-order valence-electron chi connectivity index (χ3n) is 3.54. The van der Waals surface area contributed by atoms with E-state index in [4.69, 9.17) is 20.5 Å². The van der Waals surface area contributed by atoms with E-state index in [0.29, 0.717) is 24.5 Å². The molecule has 0 radical (unpaired) electrons. The van der Waals surface area contributed by atoms with Crippen molar-refractivity contribution in [1.82, 2.24) is 0 Å². The van der Waals surface area contributed by atoms with Crippen LogP contribution in [-0.2, 0) is 11.2 Å². The van der Waals surface area contributed by atoms with Gasteiger partial charge in [0.2, 0.25) is 0 Å². The van der Waals surface area contributed by atoms with Crippen LogP contribution in [0.25, 0.3) is 6.08 Å². The third kappa shape index (κ3) is 5.25. The first kappa shape index (κ1) is 18.8. The van der Waals surface area contributed by atoms with Gasteiger partial charge >= 0.3 is 0 Å². The highest BCUT2D eigenvalue weighted by molar-refractivity contribution is 6.00. The molecule has 0 fully saturated rings. The Hall–Kier alpha value is -3.52. The molecule has 2 rings (SSSR count). The molecule has 0 saturated heterocycles. The second-order valence-corrected chi connectivity index (χ2v) is 5.37. The summed E-state index contributed by atoms with van der Waals surface area (Å²) in [6, 6.07) is 16.6. The number of primary amides is 1. The molecule has 5 heteroatoms. The van der Waals surface area contributed by atoms with Gasteiger partial charge in [-0.15, -0.1) is 6.58 Å². The van der Waals surface area contributed by atoms with Gasteiger partial charge in [0.25, 0.3) is 5.91 Å². The number of nitrogens with zero attached hydrogens (tertiary/aromatic N) is 1.